The summed E-state index contributed by atoms with van der Waals surface area (Å²) >= 11 is 16.5. The van der Waals surface area contributed by atoms with Gasteiger partial charge in [0.25, 0.3) is 0 Å². The van der Waals surface area contributed by atoms with E-state index in [2.05, 4.69) is 102 Å². The standard InChI is InChI=1S/C11H16N2OSi.C8H8N2O.C6H7ClN2O.C5H4Cl2N2.C5H10Si/c1-9-8-12-10(13-11(9)14-2)6-7-15(3,4)5;1-4-7-9-5-6(2)8(10-7)11-3;1-4-3-8-6(7)9-5(4)10-2;1-3-2-8-5(7)9-4(3)6;1-5-6(2,3)4/h8H,1-5H3;1,5H,2-3H3;3H,1-2H3;2H,1H3;1H,2-4H3. The average Bonchev–Trinajstić information content (AvgIpc) is 3.08. The monoisotopic (exact) mass is 786 g/mol. The number of rotatable bonds is 3. The minimum Gasteiger partial charge on any atom is -0.481 e. The van der Waals surface area contributed by atoms with Gasteiger partial charge in [0.15, 0.2) is 0 Å². The van der Waals surface area contributed by atoms with Crippen molar-refractivity contribution in [3.63, 3.8) is 0 Å². The second kappa shape index (κ2) is 23.2. The van der Waals surface area contributed by atoms with Gasteiger partial charge >= 0.3 is 0 Å². The molecular weight excluding hydrogens is 743 g/mol. The summed E-state index contributed by atoms with van der Waals surface area (Å²) in [7, 11) is 2.23. The van der Waals surface area contributed by atoms with Gasteiger partial charge in [0, 0.05) is 47.0 Å². The van der Waals surface area contributed by atoms with Crippen LogP contribution in [0.3, 0.4) is 0 Å². The Kier molecular flexibility index (Phi) is 21.3. The van der Waals surface area contributed by atoms with Gasteiger partial charge < -0.3 is 14.2 Å². The summed E-state index contributed by atoms with van der Waals surface area (Å²) in [5.41, 5.74) is 9.48. The Morgan fingerprint density at radius 2 is 0.922 bits per heavy atom. The molecule has 4 rings (SSSR count). The van der Waals surface area contributed by atoms with Gasteiger partial charge in [0.1, 0.15) is 21.3 Å². The third-order valence-corrected chi connectivity index (χ3v) is 7.81. The minimum absolute atomic E-state index is 0.186. The zero-order valence-electron chi connectivity index (χ0n) is 31.4. The van der Waals surface area contributed by atoms with Crippen LogP contribution in [-0.4, -0.2) is 77.3 Å². The van der Waals surface area contributed by atoms with Crippen molar-refractivity contribution in [3.8, 4) is 53.4 Å². The summed E-state index contributed by atoms with van der Waals surface area (Å²) in [6, 6.07) is 0. The Hall–Kier alpha value is -4.30. The molecule has 0 aliphatic carbocycles. The Morgan fingerprint density at radius 3 is 1.27 bits per heavy atom. The molecule has 0 saturated carbocycles. The molecule has 0 N–H and O–H groups in total. The van der Waals surface area contributed by atoms with Crippen LogP contribution in [0.5, 0.6) is 17.6 Å². The predicted molar refractivity (Wildman–Crippen MR) is 212 cm³/mol. The molecule has 51 heavy (non-hydrogen) atoms. The molecule has 0 atom stereocenters. The maximum absolute atomic E-state index is 5.58. The van der Waals surface area contributed by atoms with E-state index < -0.39 is 16.1 Å². The van der Waals surface area contributed by atoms with Gasteiger partial charge in [-0.3, -0.25) is 0 Å². The molecule has 4 aromatic rings. The molecule has 0 aliphatic rings. The van der Waals surface area contributed by atoms with Gasteiger partial charge in [-0.1, -0.05) is 50.9 Å². The second-order valence-corrected chi connectivity index (χ2v) is 22.8. The maximum atomic E-state index is 5.58. The second-order valence-electron chi connectivity index (χ2n) is 12.3. The molecule has 11 nitrogen and oxygen atoms in total. The molecular formula is C35H45Cl3N8O3Si2. The fourth-order valence-electron chi connectivity index (χ4n) is 2.65. The highest BCUT2D eigenvalue weighted by atomic mass is 35.5. The van der Waals surface area contributed by atoms with E-state index in [1.807, 2.05) is 27.7 Å². The van der Waals surface area contributed by atoms with Crippen molar-refractivity contribution in [1.82, 2.24) is 39.9 Å². The van der Waals surface area contributed by atoms with Crippen LogP contribution in [0.15, 0.2) is 24.8 Å². The number of hydrogen-bond donors (Lipinski definition) is 0. The summed E-state index contributed by atoms with van der Waals surface area (Å²) in [6.07, 6.45) is 16.8. The molecule has 0 aromatic carbocycles. The molecule has 0 spiro atoms. The zero-order valence-corrected chi connectivity index (χ0v) is 35.7. The van der Waals surface area contributed by atoms with E-state index in [1.54, 1.807) is 46.1 Å². The number of halogens is 3. The third kappa shape index (κ3) is 20.9. The third-order valence-electron chi connectivity index (χ3n) is 5.32. The van der Waals surface area contributed by atoms with Gasteiger partial charge in [-0.2, -0.15) is 15.0 Å². The van der Waals surface area contributed by atoms with Crippen molar-refractivity contribution < 1.29 is 14.2 Å². The number of nitrogens with zero attached hydrogens (tertiary/aromatic N) is 8. The van der Waals surface area contributed by atoms with Crippen molar-refractivity contribution in [2.45, 2.75) is 67.0 Å². The Morgan fingerprint density at radius 1 is 0.549 bits per heavy atom. The van der Waals surface area contributed by atoms with Crippen LogP contribution in [0.4, 0.5) is 0 Å². The number of aryl methyl sites for hydroxylation is 4. The van der Waals surface area contributed by atoms with Crippen molar-refractivity contribution >= 4 is 51.0 Å². The van der Waals surface area contributed by atoms with E-state index in [4.69, 9.17) is 61.9 Å². The number of hydrogen-bond acceptors (Lipinski definition) is 11. The van der Waals surface area contributed by atoms with Gasteiger partial charge in [-0.15, -0.1) is 23.9 Å². The lowest BCUT2D eigenvalue weighted by molar-refractivity contribution is 0.392. The summed E-state index contributed by atoms with van der Waals surface area (Å²) in [5.74, 6) is 7.88. The van der Waals surface area contributed by atoms with E-state index in [0.29, 0.717) is 34.4 Å². The summed E-state index contributed by atoms with van der Waals surface area (Å²) in [4.78, 5) is 31.2. The van der Waals surface area contributed by atoms with Gasteiger partial charge in [-0.25, -0.2) is 24.9 Å². The first-order chi connectivity index (χ1) is 23.7. The lowest BCUT2D eigenvalue weighted by Gasteiger charge is -2.04. The SMILES string of the molecule is C#C[Si](C)(C)C.C#Cc1ncc(C)c(OC)n1.COc1nc(C#C[Si](C)(C)C)ncc1C.COc1nc(Cl)ncc1C.Cc1cnc(Cl)nc1Cl. The van der Waals surface area contributed by atoms with E-state index in [-0.39, 0.29) is 10.6 Å². The van der Waals surface area contributed by atoms with E-state index in [0.717, 1.165) is 22.3 Å². The topological polar surface area (TPSA) is 131 Å². The van der Waals surface area contributed by atoms with E-state index in [9.17, 15) is 0 Å². The molecule has 0 amide bonds. The molecule has 16 heteroatoms. The highest BCUT2D eigenvalue weighted by Gasteiger charge is 2.09. The smallest absolute Gasteiger partial charge is 0.225 e. The van der Waals surface area contributed by atoms with E-state index >= 15 is 0 Å². The normalized spacial score (nSPS) is 9.76. The molecule has 272 valence electrons. The number of terminal acetylenes is 2. The molecule has 4 heterocycles. The molecule has 0 aliphatic heterocycles. The van der Waals surface area contributed by atoms with Crippen LogP contribution in [0.25, 0.3) is 0 Å². The highest BCUT2D eigenvalue weighted by Crippen LogP contribution is 2.15. The van der Waals surface area contributed by atoms with Crippen LogP contribution in [0.2, 0.25) is 55.0 Å². The first-order valence-electron chi connectivity index (χ1n) is 15.1. The minimum atomic E-state index is -1.36. The molecule has 0 fully saturated rings. The summed E-state index contributed by atoms with van der Waals surface area (Å²) < 4.78 is 14.9. The lowest BCUT2D eigenvalue weighted by Crippen LogP contribution is -2.16. The Labute approximate surface area is 319 Å². The van der Waals surface area contributed by atoms with Crippen LogP contribution < -0.4 is 14.2 Å². The lowest BCUT2D eigenvalue weighted by atomic mass is 10.4. The number of methoxy groups -OCH3 is 3. The van der Waals surface area contributed by atoms with Gasteiger partial charge in [-0.05, 0) is 62.7 Å². The van der Waals surface area contributed by atoms with Crippen molar-refractivity contribution in [3.05, 3.63) is 74.4 Å². The van der Waals surface area contributed by atoms with Gasteiger partial charge in [0.05, 0.1) is 21.3 Å². The maximum Gasteiger partial charge on any atom is 0.225 e. The predicted octanol–water partition coefficient (Wildman–Crippen LogP) is 7.83. The van der Waals surface area contributed by atoms with Crippen molar-refractivity contribution in [2.75, 3.05) is 21.3 Å². The molecule has 0 saturated heterocycles. The number of aromatic nitrogens is 8. The largest absolute Gasteiger partial charge is 0.481 e. The quantitative estimate of drug-likeness (QED) is 0.0872. The first kappa shape index (κ1) is 46.7. The van der Waals surface area contributed by atoms with E-state index in [1.165, 1.54) is 0 Å². The molecule has 4 aromatic heterocycles. The molecule has 0 bridgehead atoms. The van der Waals surface area contributed by atoms with Crippen LogP contribution in [-0.2, 0) is 0 Å². The van der Waals surface area contributed by atoms with Crippen LogP contribution in [0, 0.1) is 63.5 Å². The Balaban J connectivity index is 0.000000630. The van der Waals surface area contributed by atoms with Gasteiger partial charge in [0.2, 0.25) is 39.9 Å². The van der Waals surface area contributed by atoms with Crippen LogP contribution in [0.1, 0.15) is 33.9 Å². The highest BCUT2D eigenvalue weighted by molar-refractivity contribution is 6.84. The van der Waals surface area contributed by atoms with Crippen molar-refractivity contribution in [2.24, 2.45) is 0 Å². The molecule has 0 radical (unpaired) electrons. The first-order valence-corrected chi connectivity index (χ1v) is 23.2. The summed E-state index contributed by atoms with van der Waals surface area (Å²) in [5, 5.41) is 0.808. The van der Waals surface area contributed by atoms with Crippen molar-refractivity contribution in [1.29, 1.82) is 0 Å². The zero-order chi connectivity index (χ0) is 39.4. The average molecular weight is 788 g/mol. The fraction of sp³-hybridized carbons (Fsp3) is 0.371. The fourth-order valence-corrected chi connectivity index (χ4v) is 3.57. The summed E-state index contributed by atoms with van der Waals surface area (Å²) in [6.45, 7) is 20.4. The van der Waals surface area contributed by atoms with Crippen LogP contribution >= 0.6 is 34.8 Å². The Bertz CT molecular complexity index is 1860. The molecule has 0 unspecified atom stereocenters. The number of ether oxygens (including phenoxy) is 3.